The van der Waals surface area contributed by atoms with Crippen molar-refractivity contribution < 1.29 is 38.5 Å². The number of aliphatic hydroxyl groups excluding tert-OH is 1. The number of amides is 3. The van der Waals surface area contributed by atoms with Crippen LogP contribution in [0.4, 0.5) is 0 Å². The lowest BCUT2D eigenvalue weighted by molar-refractivity contribution is -0.161. The van der Waals surface area contributed by atoms with Gasteiger partial charge in [0.15, 0.2) is 0 Å². The zero-order valence-electron chi connectivity index (χ0n) is 27.3. The third-order valence-electron chi connectivity index (χ3n) is 9.92. The van der Waals surface area contributed by atoms with Crippen molar-refractivity contribution in [3.8, 4) is 0 Å². The van der Waals surface area contributed by atoms with Crippen LogP contribution in [0.2, 0.25) is 0 Å². The lowest BCUT2D eigenvalue weighted by atomic mass is 9.70. The molecular formula is C35H48N4O8. The topological polar surface area (TPSA) is 138 Å². The van der Waals surface area contributed by atoms with E-state index in [2.05, 4.69) is 23.4 Å². The summed E-state index contributed by atoms with van der Waals surface area (Å²) in [5.41, 5.74) is -0.531. The number of fused-ring (bicyclic) bond motifs is 1. The summed E-state index contributed by atoms with van der Waals surface area (Å²) in [6.45, 7) is 13.1. The van der Waals surface area contributed by atoms with Gasteiger partial charge in [-0.1, -0.05) is 42.5 Å². The van der Waals surface area contributed by atoms with E-state index in [1.165, 1.54) is 4.90 Å². The van der Waals surface area contributed by atoms with Gasteiger partial charge in [0.05, 0.1) is 50.3 Å². The maximum atomic E-state index is 14.5. The fourth-order valence-electron chi connectivity index (χ4n) is 7.55. The first-order chi connectivity index (χ1) is 22.7. The van der Waals surface area contributed by atoms with Crippen LogP contribution in [0.15, 0.2) is 55.6 Å². The summed E-state index contributed by atoms with van der Waals surface area (Å²) in [7, 11) is 0. The van der Waals surface area contributed by atoms with Gasteiger partial charge in [0.2, 0.25) is 17.7 Å². The van der Waals surface area contributed by atoms with Gasteiger partial charge in [-0.15, -0.1) is 13.2 Å². The van der Waals surface area contributed by atoms with E-state index in [4.69, 9.17) is 14.2 Å². The minimum Gasteiger partial charge on any atom is -0.455 e. The van der Waals surface area contributed by atoms with Crippen LogP contribution in [0, 0.1) is 11.8 Å². The van der Waals surface area contributed by atoms with Crippen LogP contribution in [0.25, 0.3) is 0 Å². The van der Waals surface area contributed by atoms with E-state index in [1.807, 2.05) is 30.3 Å². The standard InChI is InChI=1S/C35H48N4O8/c1-4-6-12-28(41)36-22-27(25-10-8-7-9-11-25)46-34(44)29-26-13-14-35(47-26)30(29)32(42)39(24(3)23-40)31(35)33(43)38(15-5-2)17-16-37-18-20-45-21-19-37/h4-5,7-11,24,26-27,29-31,40H,1-2,6,12-23H2,3H3,(H,36,41)/t24-,26+,27-,29-,30-,31+,35-/m1/s1. The Bertz CT molecular complexity index is 1300. The number of morpholine rings is 1. The molecule has 4 saturated heterocycles. The smallest absolute Gasteiger partial charge is 0.313 e. The number of hydrogen-bond donors (Lipinski definition) is 2. The molecule has 4 fully saturated rings. The molecule has 4 heterocycles. The number of benzene rings is 1. The Hall–Kier alpha value is -3.58. The van der Waals surface area contributed by atoms with Crippen molar-refractivity contribution in [2.45, 2.75) is 62.5 Å². The van der Waals surface area contributed by atoms with E-state index in [1.54, 1.807) is 24.0 Å². The highest BCUT2D eigenvalue weighted by atomic mass is 16.6. The lowest BCUT2D eigenvalue weighted by Crippen LogP contribution is -2.59. The maximum Gasteiger partial charge on any atom is 0.313 e. The monoisotopic (exact) mass is 652 g/mol. The number of carbonyl (C=O) groups excluding carboxylic acids is 4. The van der Waals surface area contributed by atoms with E-state index in [-0.39, 0.29) is 37.9 Å². The Morgan fingerprint density at radius 3 is 2.62 bits per heavy atom. The fraction of sp³-hybridized carbons (Fsp3) is 0.600. The van der Waals surface area contributed by atoms with Gasteiger partial charge in [-0.3, -0.25) is 24.1 Å². The SMILES string of the molecule is C=CCCC(=O)NC[C@@H](OC(=O)[C@@H]1[C@@H]2CC[C@]3(O2)[C@H](C(=O)N(CC=C)CCN2CCOCC2)N([C@H](C)CO)C(=O)[C@@H]13)c1ccccc1. The number of carbonyl (C=O) groups is 4. The Morgan fingerprint density at radius 1 is 1.19 bits per heavy atom. The zero-order chi connectivity index (χ0) is 33.6. The summed E-state index contributed by atoms with van der Waals surface area (Å²) < 4.78 is 18.1. The van der Waals surface area contributed by atoms with Crippen molar-refractivity contribution in [2.75, 3.05) is 59.1 Å². The molecule has 12 heteroatoms. The molecule has 2 bridgehead atoms. The number of nitrogens with zero attached hydrogens (tertiary/aromatic N) is 3. The van der Waals surface area contributed by atoms with Crippen molar-refractivity contribution in [1.29, 1.82) is 0 Å². The third kappa shape index (κ3) is 7.15. The molecule has 7 atom stereocenters. The molecule has 0 aromatic heterocycles. The number of aliphatic hydroxyl groups is 1. The number of esters is 1. The normalized spacial score (nSPS) is 28.0. The van der Waals surface area contributed by atoms with Gasteiger partial charge in [-0.25, -0.2) is 0 Å². The van der Waals surface area contributed by atoms with Crippen LogP contribution in [0.1, 0.15) is 44.3 Å². The number of allylic oxidation sites excluding steroid dienone is 1. The van der Waals surface area contributed by atoms with Crippen LogP contribution < -0.4 is 5.32 Å². The molecule has 0 aliphatic carbocycles. The van der Waals surface area contributed by atoms with Crippen LogP contribution in [0.3, 0.4) is 0 Å². The largest absolute Gasteiger partial charge is 0.455 e. The van der Waals surface area contributed by atoms with Crippen LogP contribution in [-0.4, -0.2) is 126 Å². The van der Waals surface area contributed by atoms with E-state index < -0.39 is 53.6 Å². The maximum absolute atomic E-state index is 14.5. The van der Waals surface area contributed by atoms with E-state index in [0.717, 1.165) is 13.1 Å². The molecule has 4 aliphatic heterocycles. The second-order valence-corrected chi connectivity index (χ2v) is 12.8. The molecular weight excluding hydrogens is 604 g/mol. The number of hydrogen-bond acceptors (Lipinski definition) is 9. The van der Waals surface area contributed by atoms with Gasteiger partial charge in [0.1, 0.15) is 17.7 Å². The molecule has 2 N–H and O–H groups in total. The second kappa shape index (κ2) is 15.5. The molecule has 1 spiro atoms. The molecule has 3 amide bonds. The second-order valence-electron chi connectivity index (χ2n) is 12.8. The quantitative estimate of drug-likeness (QED) is 0.201. The Balaban J connectivity index is 1.39. The van der Waals surface area contributed by atoms with Gasteiger partial charge >= 0.3 is 5.97 Å². The minimum atomic E-state index is -1.23. The third-order valence-corrected chi connectivity index (χ3v) is 9.92. The highest BCUT2D eigenvalue weighted by Gasteiger charge is 2.75. The first kappa shape index (κ1) is 34.7. The first-order valence-corrected chi connectivity index (χ1v) is 16.7. The zero-order valence-corrected chi connectivity index (χ0v) is 27.3. The molecule has 4 aliphatic rings. The van der Waals surface area contributed by atoms with Crippen LogP contribution in [-0.2, 0) is 33.4 Å². The summed E-state index contributed by atoms with van der Waals surface area (Å²) in [6, 6.07) is 7.44. The molecule has 0 unspecified atom stereocenters. The first-order valence-electron chi connectivity index (χ1n) is 16.7. The predicted molar refractivity (Wildman–Crippen MR) is 173 cm³/mol. The highest BCUT2D eigenvalue weighted by molar-refractivity contribution is 5.98. The Kier molecular flexibility index (Phi) is 11.5. The molecule has 1 aromatic rings. The molecule has 0 radical (unpaired) electrons. The van der Waals surface area contributed by atoms with Gasteiger partial charge in [-0.2, -0.15) is 0 Å². The van der Waals surface area contributed by atoms with Gasteiger partial charge in [-0.05, 0) is 31.7 Å². The molecule has 1 aromatic carbocycles. The summed E-state index contributed by atoms with van der Waals surface area (Å²) >= 11 is 0. The number of nitrogens with one attached hydrogen (secondary N) is 1. The lowest BCUT2D eigenvalue weighted by Gasteiger charge is -2.39. The number of ether oxygens (including phenoxy) is 3. The summed E-state index contributed by atoms with van der Waals surface area (Å²) in [4.78, 5) is 60.6. The van der Waals surface area contributed by atoms with E-state index >= 15 is 0 Å². The molecule has 5 rings (SSSR count). The van der Waals surface area contributed by atoms with Gasteiger partial charge in [0.25, 0.3) is 0 Å². The highest BCUT2D eigenvalue weighted by Crippen LogP contribution is 2.59. The summed E-state index contributed by atoms with van der Waals surface area (Å²) in [5.74, 6) is -3.36. The van der Waals surface area contributed by atoms with Crippen LogP contribution >= 0.6 is 0 Å². The van der Waals surface area contributed by atoms with Gasteiger partial charge < -0.3 is 34.4 Å². The molecule has 0 saturated carbocycles. The molecule has 256 valence electrons. The number of rotatable bonds is 16. The van der Waals surface area contributed by atoms with Crippen molar-refractivity contribution in [2.24, 2.45) is 11.8 Å². The average Bonchev–Trinajstić information content (AvgIpc) is 3.75. The molecule has 12 nitrogen and oxygen atoms in total. The van der Waals surface area contributed by atoms with Crippen molar-refractivity contribution in [3.63, 3.8) is 0 Å². The Labute approximate surface area is 276 Å². The number of likely N-dealkylation sites (tertiary alicyclic amines) is 1. The van der Waals surface area contributed by atoms with Crippen molar-refractivity contribution in [1.82, 2.24) is 20.0 Å². The van der Waals surface area contributed by atoms with E-state index in [9.17, 15) is 24.3 Å². The summed E-state index contributed by atoms with van der Waals surface area (Å²) in [6.07, 6.45) is 3.63. The van der Waals surface area contributed by atoms with E-state index in [0.29, 0.717) is 51.1 Å². The minimum absolute atomic E-state index is 0.0577. The fourth-order valence-corrected chi connectivity index (χ4v) is 7.55. The van der Waals surface area contributed by atoms with Crippen LogP contribution in [0.5, 0.6) is 0 Å². The summed E-state index contributed by atoms with van der Waals surface area (Å²) in [5, 5.41) is 13.1. The van der Waals surface area contributed by atoms with Gasteiger partial charge in [0, 0.05) is 39.1 Å². The molecule has 47 heavy (non-hydrogen) atoms. The van der Waals surface area contributed by atoms with Crippen molar-refractivity contribution in [3.05, 3.63) is 61.2 Å². The predicted octanol–water partition coefficient (Wildman–Crippen LogP) is 1.46. The average molecular weight is 653 g/mol. The Morgan fingerprint density at radius 2 is 1.94 bits per heavy atom. The van der Waals surface area contributed by atoms with Crippen molar-refractivity contribution >= 4 is 23.7 Å².